The highest BCUT2D eigenvalue weighted by atomic mass is 19.4. The monoisotopic (exact) mass is 381 g/mol. The van der Waals surface area contributed by atoms with Crippen LogP contribution in [0.4, 0.5) is 13.2 Å². The van der Waals surface area contributed by atoms with Crippen LogP contribution in [-0.4, -0.2) is 45.7 Å². The number of likely N-dealkylation sites (tertiary alicyclic amines) is 1. The van der Waals surface area contributed by atoms with E-state index in [1.54, 1.807) is 12.1 Å². The number of hydrogen-bond donors (Lipinski definition) is 1. The van der Waals surface area contributed by atoms with E-state index in [2.05, 4.69) is 29.7 Å². The van der Waals surface area contributed by atoms with Crippen LogP contribution in [0.25, 0.3) is 0 Å². The Hall–Kier alpha value is -2.13. The lowest BCUT2D eigenvalue weighted by molar-refractivity contribution is -0.274. The molecule has 0 unspecified atom stereocenters. The Balaban J connectivity index is 1.31. The zero-order valence-electron chi connectivity index (χ0n) is 14.9. The maximum atomic E-state index is 12.2. The third-order valence-corrected chi connectivity index (χ3v) is 5.17. The van der Waals surface area contributed by atoms with Gasteiger partial charge >= 0.3 is 6.36 Å². The summed E-state index contributed by atoms with van der Waals surface area (Å²) >= 11 is 0. The first-order chi connectivity index (χ1) is 13.0. The number of piperidine rings is 1. The molecule has 0 radical (unpaired) electrons. The Kier molecular flexibility index (Phi) is 5.05. The van der Waals surface area contributed by atoms with Crippen LogP contribution in [0.5, 0.6) is 5.75 Å². The minimum absolute atomic E-state index is 0.184. The fraction of sp³-hybridized carbons (Fsp3) is 0.556. The summed E-state index contributed by atoms with van der Waals surface area (Å²) in [4.78, 5) is 2.32. The maximum Gasteiger partial charge on any atom is 0.573 e. The highest BCUT2D eigenvalue weighted by Crippen LogP contribution is 2.29. The standard InChI is InChI=1S/C18H22F3N5O/c19-18(20,21)27-15-3-1-13(2-4-15)12-25-8-5-14(6-9-25)17-24-23-16-11-22-7-10-26(16)17/h1-4,14,22H,5-12H2. The minimum Gasteiger partial charge on any atom is -0.406 e. The lowest BCUT2D eigenvalue weighted by Crippen LogP contribution is -2.34. The van der Waals surface area contributed by atoms with Crippen molar-refractivity contribution in [3.63, 3.8) is 0 Å². The summed E-state index contributed by atoms with van der Waals surface area (Å²) in [7, 11) is 0. The van der Waals surface area contributed by atoms with Gasteiger partial charge in [0.2, 0.25) is 0 Å². The summed E-state index contributed by atoms with van der Waals surface area (Å²) in [5, 5.41) is 12.0. The Bertz CT molecular complexity index is 766. The van der Waals surface area contributed by atoms with Crippen molar-refractivity contribution in [1.82, 2.24) is 25.0 Å². The summed E-state index contributed by atoms with van der Waals surface area (Å²) in [5.41, 5.74) is 0.980. The van der Waals surface area contributed by atoms with E-state index in [1.165, 1.54) is 12.1 Å². The molecule has 0 amide bonds. The van der Waals surface area contributed by atoms with Crippen molar-refractivity contribution in [2.45, 2.75) is 44.8 Å². The Labute approximate surface area is 155 Å². The van der Waals surface area contributed by atoms with E-state index in [4.69, 9.17) is 0 Å². The van der Waals surface area contributed by atoms with E-state index in [9.17, 15) is 13.2 Å². The first kappa shape index (κ1) is 18.2. The number of nitrogens with one attached hydrogen (secondary N) is 1. The number of nitrogens with zero attached hydrogens (tertiary/aromatic N) is 4. The predicted octanol–water partition coefficient (Wildman–Crippen LogP) is 2.66. The van der Waals surface area contributed by atoms with Crippen molar-refractivity contribution in [2.24, 2.45) is 0 Å². The lowest BCUT2D eigenvalue weighted by Gasteiger charge is -2.32. The van der Waals surface area contributed by atoms with Gasteiger partial charge in [-0.15, -0.1) is 23.4 Å². The first-order valence-corrected chi connectivity index (χ1v) is 9.18. The van der Waals surface area contributed by atoms with Gasteiger partial charge in [-0.05, 0) is 43.6 Å². The fourth-order valence-electron chi connectivity index (χ4n) is 3.82. The molecule has 146 valence electrons. The Morgan fingerprint density at radius 1 is 1.07 bits per heavy atom. The molecule has 2 aliphatic rings. The van der Waals surface area contributed by atoms with E-state index < -0.39 is 6.36 Å². The van der Waals surface area contributed by atoms with Crippen LogP contribution in [0.3, 0.4) is 0 Å². The van der Waals surface area contributed by atoms with Gasteiger partial charge in [-0.1, -0.05) is 12.1 Å². The highest BCUT2D eigenvalue weighted by Gasteiger charge is 2.31. The summed E-state index contributed by atoms with van der Waals surface area (Å²) < 4.78 is 42.8. The average Bonchev–Trinajstić information content (AvgIpc) is 3.07. The largest absolute Gasteiger partial charge is 0.573 e. The Morgan fingerprint density at radius 3 is 2.52 bits per heavy atom. The fourth-order valence-corrected chi connectivity index (χ4v) is 3.82. The number of ether oxygens (including phenoxy) is 1. The van der Waals surface area contributed by atoms with Crippen molar-refractivity contribution >= 4 is 0 Å². The minimum atomic E-state index is -4.65. The summed E-state index contributed by atoms with van der Waals surface area (Å²) in [6, 6.07) is 6.11. The number of halogens is 3. The van der Waals surface area contributed by atoms with Gasteiger partial charge in [0.1, 0.15) is 17.4 Å². The third kappa shape index (κ3) is 4.41. The molecule has 27 heavy (non-hydrogen) atoms. The molecular weight excluding hydrogens is 359 g/mol. The second-order valence-electron chi connectivity index (χ2n) is 7.05. The normalized spacial score (nSPS) is 19.1. The van der Waals surface area contributed by atoms with E-state index >= 15 is 0 Å². The van der Waals surface area contributed by atoms with Crippen LogP contribution < -0.4 is 10.1 Å². The number of alkyl halides is 3. The first-order valence-electron chi connectivity index (χ1n) is 9.18. The second-order valence-corrected chi connectivity index (χ2v) is 7.05. The molecule has 0 bridgehead atoms. The van der Waals surface area contributed by atoms with Crippen molar-refractivity contribution in [3.05, 3.63) is 41.5 Å². The summed E-state index contributed by atoms with van der Waals surface area (Å²) in [6.45, 7) is 5.24. The van der Waals surface area contributed by atoms with Crippen LogP contribution in [-0.2, 0) is 19.6 Å². The molecule has 2 aromatic rings. The number of rotatable bonds is 4. The molecule has 0 saturated carbocycles. The molecule has 1 fully saturated rings. The van der Waals surface area contributed by atoms with E-state index in [1.807, 2.05) is 0 Å². The molecule has 6 nitrogen and oxygen atoms in total. The van der Waals surface area contributed by atoms with Crippen molar-refractivity contribution < 1.29 is 17.9 Å². The number of benzene rings is 1. The van der Waals surface area contributed by atoms with Gasteiger partial charge in [0.05, 0.1) is 6.54 Å². The zero-order chi connectivity index (χ0) is 18.9. The van der Waals surface area contributed by atoms with Gasteiger partial charge in [-0.2, -0.15) is 0 Å². The molecule has 4 rings (SSSR count). The summed E-state index contributed by atoms with van der Waals surface area (Å²) in [5.74, 6) is 2.35. The van der Waals surface area contributed by atoms with Crippen LogP contribution in [0.1, 0.15) is 36.0 Å². The van der Waals surface area contributed by atoms with Crippen LogP contribution >= 0.6 is 0 Å². The van der Waals surface area contributed by atoms with Gasteiger partial charge in [0.25, 0.3) is 0 Å². The summed E-state index contributed by atoms with van der Waals surface area (Å²) in [6.07, 6.45) is -2.62. The number of hydrogen-bond acceptors (Lipinski definition) is 5. The van der Waals surface area contributed by atoms with Crippen LogP contribution in [0.15, 0.2) is 24.3 Å². The molecule has 1 aromatic carbocycles. The quantitative estimate of drug-likeness (QED) is 0.883. The van der Waals surface area contributed by atoms with E-state index in [0.29, 0.717) is 5.92 Å². The molecule has 0 atom stereocenters. The molecular formula is C18H22F3N5O. The van der Waals surface area contributed by atoms with E-state index in [-0.39, 0.29) is 5.75 Å². The smallest absolute Gasteiger partial charge is 0.406 e. The van der Waals surface area contributed by atoms with Gasteiger partial charge in [-0.25, -0.2) is 0 Å². The highest BCUT2D eigenvalue weighted by molar-refractivity contribution is 5.27. The third-order valence-electron chi connectivity index (χ3n) is 5.17. The molecule has 1 aromatic heterocycles. The van der Waals surface area contributed by atoms with Crippen molar-refractivity contribution in [1.29, 1.82) is 0 Å². The lowest BCUT2D eigenvalue weighted by atomic mass is 9.95. The zero-order valence-corrected chi connectivity index (χ0v) is 14.9. The molecule has 1 saturated heterocycles. The van der Waals surface area contributed by atoms with Gasteiger partial charge in [-0.3, -0.25) is 4.90 Å². The average molecular weight is 381 g/mol. The molecule has 0 spiro atoms. The van der Waals surface area contributed by atoms with Gasteiger partial charge in [0.15, 0.2) is 0 Å². The number of aromatic nitrogens is 3. The molecule has 1 N–H and O–H groups in total. The van der Waals surface area contributed by atoms with Crippen molar-refractivity contribution in [2.75, 3.05) is 19.6 Å². The SMILES string of the molecule is FC(F)(F)Oc1ccc(CN2CCC(c3nnc4n3CCNC4)CC2)cc1. The van der Waals surface area contributed by atoms with Crippen LogP contribution in [0, 0.1) is 0 Å². The molecule has 9 heteroatoms. The maximum absolute atomic E-state index is 12.2. The molecule has 2 aliphatic heterocycles. The van der Waals surface area contributed by atoms with Crippen LogP contribution in [0.2, 0.25) is 0 Å². The Morgan fingerprint density at radius 2 is 1.81 bits per heavy atom. The van der Waals surface area contributed by atoms with Gasteiger partial charge < -0.3 is 14.6 Å². The predicted molar refractivity (Wildman–Crippen MR) is 92.1 cm³/mol. The topological polar surface area (TPSA) is 55.2 Å². The molecule has 3 heterocycles. The second kappa shape index (κ2) is 7.47. The van der Waals surface area contributed by atoms with E-state index in [0.717, 1.165) is 69.3 Å². The van der Waals surface area contributed by atoms with Crippen molar-refractivity contribution in [3.8, 4) is 5.75 Å². The number of fused-ring (bicyclic) bond motifs is 1. The van der Waals surface area contributed by atoms with Gasteiger partial charge in [0, 0.05) is 25.6 Å². The molecule has 0 aliphatic carbocycles.